The number of fused-ring (bicyclic) bond motifs is 2. The van der Waals surface area contributed by atoms with Crippen molar-refractivity contribution in [1.29, 1.82) is 0 Å². The molecule has 35 heavy (non-hydrogen) atoms. The molecule has 176 valence electrons. The van der Waals surface area contributed by atoms with Crippen LogP contribution in [-0.4, -0.2) is 31.5 Å². The Labute approximate surface area is 205 Å². The Bertz CT molecular complexity index is 1350. The number of ether oxygens (including phenoxy) is 1. The van der Waals surface area contributed by atoms with Gasteiger partial charge in [-0.15, -0.1) is 0 Å². The summed E-state index contributed by atoms with van der Waals surface area (Å²) in [5.74, 6) is 0.442. The van der Waals surface area contributed by atoms with Crippen LogP contribution in [0.2, 0.25) is 0 Å². The van der Waals surface area contributed by atoms with Crippen molar-refractivity contribution < 1.29 is 14.3 Å². The largest absolute Gasteiger partial charge is 0.493 e. The lowest BCUT2D eigenvalue weighted by Gasteiger charge is -2.25. The molecule has 1 heterocycles. The van der Waals surface area contributed by atoms with E-state index in [2.05, 4.69) is 18.2 Å². The standard InChI is InChI=1S/C30H28N2O3/c1-22-21-32(30(34)24-12-3-2-4-13-24)27-17-8-7-16-26(27)31(29(22)33)19-10-20-35-28-18-9-14-23-11-5-6-15-25(23)28/h2-9,11-18,22H,10,19-21H2,1H3. The molecular weight excluding hydrogens is 436 g/mol. The normalized spacial score (nSPS) is 15.6. The zero-order valence-electron chi connectivity index (χ0n) is 19.8. The molecule has 5 rings (SSSR count). The third kappa shape index (κ3) is 4.62. The van der Waals surface area contributed by atoms with Crippen molar-refractivity contribution in [1.82, 2.24) is 0 Å². The molecule has 0 spiro atoms. The number of rotatable bonds is 6. The van der Waals surface area contributed by atoms with Gasteiger partial charge in [-0.25, -0.2) is 0 Å². The molecule has 0 fully saturated rings. The van der Waals surface area contributed by atoms with Crippen LogP contribution in [-0.2, 0) is 4.79 Å². The molecule has 0 saturated carbocycles. The molecule has 4 aromatic carbocycles. The summed E-state index contributed by atoms with van der Waals surface area (Å²) in [4.78, 5) is 30.3. The number of para-hydroxylation sites is 2. The molecule has 1 aliphatic heterocycles. The van der Waals surface area contributed by atoms with E-state index in [9.17, 15) is 9.59 Å². The molecule has 0 aliphatic carbocycles. The Morgan fingerprint density at radius 1 is 0.857 bits per heavy atom. The second kappa shape index (κ2) is 10.0. The molecule has 1 atom stereocenters. The zero-order chi connectivity index (χ0) is 24.2. The van der Waals surface area contributed by atoms with Crippen LogP contribution in [0.4, 0.5) is 11.4 Å². The third-order valence-electron chi connectivity index (χ3n) is 6.41. The lowest BCUT2D eigenvalue weighted by atomic mass is 10.1. The molecule has 0 bridgehead atoms. The molecule has 5 heteroatoms. The number of amides is 2. The van der Waals surface area contributed by atoms with Crippen LogP contribution >= 0.6 is 0 Å². The molecule has 0 aromatic heterocycles. The van der Waals surface area contributed by atoms with E-state index < -0.39 is 0 Å². The average Bonchev–Trinajstić information content (AvgIpc) is 3.01. The Balaban J connectivity index is 1.35. The predicted molar refractivity (Wildman–Crippen MR) is 140 cm³/mol. The van der Waals surface area contributed by atoms with Gasteiger partial charge in [-0.05, 0) is 42.1 Å². The van der Waals surface area contributed by atoms with E-state index in [0.29, 0.717) is 31.7 Å². The summed E-state index contributed by atoms with van der Waals surface area (Å²) in [6.07, 6.45) is 0.669. The second-order valence-corrected chi connectivity index (χ2v) is 8.84. The first-order valence-electron chi connectivity index (χ1n) is 12.0. The third-order valence-corrected chi connectivity index (χ3v) is 6.41. The first-order valence-corrected chi connectivity index (χ1v) is 12.0. The number of carbonyl (C=O) groups is 2. The van der Waals surface area contributed by atoms with Crippen molar-refractivity contribution in [3.63, 3.8) is 0 Å². The predicted octanol–water partition coefficient (Wildman–Crippen LogP) is 5.94. The highest BCUT2D eigenvalue weighted by Gasteiger charge is 2.33. The molecule has 4 aromatic rings. The van der Waals surface area contributed by atoms with Gasteiger partial charge in [0.1, 0.15) is 5.75 Å². The maximum atomic E-state index is 13.4. The monoisotopic (exact) mass is 464 g/mol. The lowest BCUT2D eigenvalue weighted by Crippen LogP contribution is -2.39. The van der Waals surface area contributed by atoms with Crippen LogP contribution in [0.5, 0.6) is 5.75 Å². The molecule has 0 radical (unpaired) electrons. The van der Waals surface area contributed by atoms with Crippen molar-refractivity contribution in [3.05, 3.63) is 103 Å². The van der Waals surface area contributed by atoms with Gasteiger partial charge < -0.3 is 14.5 Å². The number of hydrogen-bond acceptors (Lipinski definition) is 3. The highest BCUT2D eigenvalue weighted by atomic mass is 16.5. The minimum atomic E-state index is -0.325. The first kappa shape index (κ1) is 22.7. The average molecular weight is 465 g/mol. The van der Waals surface area contributed by atoms with Crippen molar-refractivity contribution in [2.24, 2.45) is 5.92 Å². The van der Waals surface area contributed by atoms with Crippen LogP contribution in [0.1, 0.15) is 23.7 Å². The summed E-state index contributed by atoms with van der Waals surface area (Å²) in [5.41, 5.74) is 2.13. The fourth-order valence-corrected chi connectivity index (χ4v) is 4.64. The van der Waals surface area contributed by atoms with Gasteiger partial charge in [0.25, 0.3) is 5.91 Å². The topological polar surface area (TPSA) is 49.9 Å². The summed E-state index contributed by atoms with van der Waals surface area (Å²) < 4.78 is 6.11. The van der Waals surface area contributed by atoms with E-state index in [0.717, 1.165) is 27.9 Å². The SMILES string of the molecule is CC1CN(C(=O)c2ccccc2)c2ccccc2N(CCCOc2cccc3ccccc23)C1=O. The Morgan fingerprint density at radius 3 is 2.37 bits per heavy atom. The van der Waals surface area contributed by atoms with Crippen LogP contribution < -0.4 is 14.5 Å². The van der Waals surface area contributed by atoms with E-state index in [4.69, 9.17) is 4.74 Å². The molecule has 0 N–H and O–H groups in total. The van der Waals surface area contributed by atoms with Gasteiger partial charge in [-0.2, -0.15) is 0 Å². The van der Waals surface area contributed by atoms with Crippen LogP contribution in [0.3, 0.4) is 0 Å². The quantitative estimate of drug-likeness (QED) is 0.332. The molecular formula is C30H28N2O3. The van der Waals surface area contributed by atoms with Gasteiger partial charge in [-0.1, -0.05) is 73.7 Å². The van der Waals surface area contributed by atoms with Crippen molar-refractivity contribution in [2.75, 3.05) is 29.5 Å². The van der Waals surface area contributed by atoms with E-state index in [1.54, 1.807) is 4.90 Å². The molecule has 1 unspecified atom stereocenters. The summed E-state index contributed by atoms with van der Waals surface area (Å²) in [5, 5.41) is 2.22. The lowest BCUT2D eigenvalue weighted by molar-refractivity contribution is -0.121. The summed E-state index contributed by atoms with van der Waals surface area (Å²) in [7, 11) is 0. The number of anilines is 2. The fraction of sp³-hybridized carbons (Fsp3) is 0.200. The van der Waals surface area contributed by atoms with E-state index in [1.807, 2.05) is 90.7 Å². The molecule has 2 amide bonds. The highest BCUT2D eigenvalue weighted by Crippen LogP contribution is 2.35. The zero-order valence-corrected chi connectivity index (χ0v) is 19.8. The van der Waals surface area contributed by atoms with E-state index >= 15 is 0 Å². The molecule has 5 nitrogen and oxygen atoms in total. The van der Waals surface area contributed by atoms with Gasteiger partial charge in [-0.3, -0.25) is 9.59 Å². The first-order chi connectivity index (χ1) is 17.1. The Morgan fingerprint density at radius 2 is 1.54 bits per heavy atom. The van der Waals surface area contributed by atoms with Gasteiger partial charge in [0.2, 0.25) is 5.91 Å². The fourth-order valence-electron chi connectivity index (χ4n) is 4.64. The van der Waals surface area contributed by atoms with Crippen molar-refractivity contribution in [2.45, 2.75) is 13.3 Å². The smallest absolute Gasteiger partial charge is 0.258 e. The van der Waals surface area contributed by atoms with Gasteiger partial charge in [0.05, 0.1) is 23.9 Å². The van der Waals surface area contributed by atoms with Gasteiger partial charge in [0, 0.05) is 24.0 Å². The Hall–Kier alpha value is -4.12. The maximum Gasteiger partial charge on any atom is 0.258 e. The van der Waals surface area contributed by atoms with Gasteiger partial charge >= 0.3 is 0 Å². The molecule has 0 saturated heterocycles. The van der Waals surface area contributed by atoms with Crippen LogP contribution in [0, 0.1) is 5.92 Å². The van der Waals surface area contributed by atoms with Crippen molar-refractivity contribution >= 4 is 34.0 Å². The summed E-state index contributed by atoms with van der Waals surface area (Å²) in [6, 6.07) is 31.1. The number of hydrogen-bond donors (Lipinski definition) is 0. The number of nitrogens with zero attached hydrogens (tertiary/aromatic N) is 2. The second-order valence-electron chi connectivity index (χ2n) is 8.84. The summed E-state index contributed by atoms with van der Waals surface area (Å²) >= 11 is 0. The summed E-state index contributed by atoms with van der Waals surface area (Å²) in [6.45, 7) is 3.23. The number of benzene rings is 4. The Kier molecular flexibility index (Phi) is 6.49. The minimum absolute atomic E-state index is 0.0194. The minimum Gasteiger partial charge on any atom is -0.493 e. The maximum absolute atomic E-state index is 13.4. The van der Waals surface area contributed by atoms with Crippen LogP contribution in [0.15, 0.2) is 97.1 Å². The van der Waals surface area contributed by atoms with Crippen LogP contribution in [0.25, 0.3) is 10.8 Å². The van der Waals surface area contributed by atoms with E-state index in [-0.39, 0.29) is 17.7 Å². The van der Waals surface area contributed by atoms with Crippen molar-refractivity contribution in [3.8, 4) is 5.75 Å². The molecule has 1 aliphatic rings. The highest BCUT2D eigenvalue weighted by molar-refractivity contribution is 6.11. The van der Waals surface area contributed by atoms with E-state index in [1.165, 1.54) is 0 Å². The number of carbonyl (C=O) groups excluding carboxylic acids is 2. The van der Waals surface area contributed by atoms with Gasteiger partial charge in [0.15, 0.2) is 0 Å².